The largest absolute Gasteiger partial charge is 0.368 e. The number of carbonyl (C=O) groups excluding carboxylic acids is 1. The molecular formula is C17H23N3O2. The summed E-state index contributed by atoms with van der Waals surface area (Å²) in [5, 5.41) is 0. The highest BCUT2D eigenvalue weighted by atomic mass is 16.5. The van der Waals surface area contributed by atoms with E-state index in [0.717, 1.165) is 57.9 Å². The maximum Gasteiger partial charge on any atom is 0.251 e. The molecule has 3 atom stereocenters. The molecule has 3 aliphatic rings. The number of hydrogen-bond donors (Lipinski definition) is 0. The number of likely N-dealkylation sites (tertiary alicyclic amines) is 2. The van der Waals surface area contributed by atoms with Gasteiger partial charge in [-0.15, -0.1) is 0 Å². The minimum Gasteiger partial charge on any atom is -0.368 e. The Morgan fingerprint density at radius 3 is 2.68 bits per heavy atom. The third kappa shape index (κ3) is 2.75. The van der Waals surface area contributed by atoms with Crippen LogP contribution in [0.2, 0.25) is 0 Å². The lowest BCUT2D eigenvalue weighted by Crippen LogP contribution is -2.39. The fraction of sp³-hybridized carbons (Fsp3) is 0.647. The second-order valence-electron chi connectivity index (χ2n) is 6.78. The summed E-state index contributed by atoms with van der Waals surface area (Å²) < 4.78 is 5.54. The Morgan fingerprint density at radius 2 is 2.05 bits per heavy atom. The van der Waals surface area contributed by atoms with Crippen LogP contribution in [0.25, 0.3) is 0 Å². The second-order valence-corrected chi connectivity index (χ2v) is 6.78. The van der Waals surface area contributed by atoms with E-state index in [0.29, 0.717) is 11.8 Å². The maximum atomic E-state index is 12.4. The van der Waals surface area contributed by atoms with E-state index in [4.69, 9.17) is 4.74 Å². The van der Waals surface area contributed by atoms with Gasteiger partial charge in [-0.3, -0.25) is 14.7 Å². The zero-order chi connectivity index (χ0) is 14.9. The maximum absolute atomic E-state index is 12.4. The summed E-state index contributed by atoms with van der Waals surface area (Å²) >= 11 is 0. The molecule has 118 valence electrons. The first-order valence-electron chi connectivity index (χ1n) is 8.32. The highest BCUT2D eigenvalue weighted by Gasteiger charge is 2.43. The van der Waals surface area contributed by atoms with Gasteiger partial charge in [0.25, 0.3) is 5.91 Å². The highest BCUT2D eigenvalue weighted by Crippen LogP contribution is 2.32. The first-order valence-corrected chi connectivity index (χ1v) is 8.32. The van der Waals surface area contributed by atoms with Crippen molar-refractivity contribution >= 4 is 5.91 Å². The Balaban J connectivity index is 1.31. The number of nitrogens with zero attached hydrogens (tertiary/aromatic N) is 3. The van der Waals surface area contributed by atoms with E-state index < -0.39 is 0 Å². The first-order chi connectivity index (χ1) is 10.8. The molecule has 3 fully saturated rings. The second kappa shape index (κ2) is 5.97. The summed E-state index contributed by atoms with van der Waals surface area (Å²) in [4.78, 5) is 21.4. The van der Waals surface area contributed by atoms with Gasteiger partial charge in [0.05, 0.1) is 5.69 Å². The smallest absolute Gasteiger partial charge is 0.251 e. The zero-order valence-corrected chi connectivity index (χ0v) is 12.9. The number of aromatic nitrogens is 1. The molecule has 0 aromatic carbocycles. The van der Waals surface area contributed by atoms with Crippen molar-refractivity contribution in [2.45, 2.75) is 25.5 Å². The van der Waals surface area contributed by atoms with E-state index in [-0.39, 0.29) is 12.0 Å². The van der Waals surface area contributed by atoms with Gasteiger partial charge in [-0.25, -0.2) is 0 Å². The van der Waals surface area contributed by atoms with E-state index in [9.17, 15) is 4.79 Å². The van der Waals surface area contributed by atoms with Crippen LogP contribution in [0.3, 0.4) is 0 Å². The lowest BCUT2D eigenvalue weighted by molar-refractivity contribution is -0.140. The van der Waals surface area contributed by atoms with Gasteiger partial charge in [-0.2, -0.15) is 0 Å². The number of hydrogen-bond acceptors (Lipinski definition) is 4. The molecular weight excluding hydrogens is 278 g/mol. The molecule has 5 heteroatoms. The van der Waals surface area contributed by atoms with Gasteiger partial charge in [0.1, 0.15) is 6.10 Å². The molecule has 0 unspecified atom stereocenters. The van der Waals surface area contributed by atoms with Crippen molar-refractivity contribution in [3.05, 3.63) is 30.1 Å². The number of carbonyl (C=O) groups is 1. The molecule has 0 spiro atoms. The molecule has 4 heterocycles. The molecule has 0 radical (unpaired) electrons. The lowest BCUT2D eigenvalue weighted by Gasteiger charge is -2.23. The molecule has 22 heavy (non-hydrogen) atoms. The molecule has 0 N–H and O–H groups in total. The summed E-state index contributed by atoms with van der Waals surface area (Å²) in [6.07, 6.45) is 3.61. The van der Waals surface area contributed by atoms with Crippen LogP contribution < -0.4 is 0 Å². The fourth-order valence-electron chi connectivity index (χ4n) is 4.10. The van der Waals surface area contributed by atoms with Gasteiger partial charge in [-0.05, 0) is 36.8 Å². The topological polar surface area (TPSA) is 45.7 Å². The predicted molar refractivity (Wildman–Crippen MR) is 82.0 cm³/mol. The van der Waals surface area contributed by atoms with Crippen LogP contribution in [0, 0.1) is 11.8 Å². The van der Waals surface area contributed by atoms with Crippen LogP contribution in [0.15, 0.2) is 24.4 Å². The Labute approximate surface area is 131 Å². The van der Waals surface area contributed by atoms with E-state index in [1.165, 1.54) is 0 Å². The Bertz CT molecular complexity index is 516. The molecule has 1 aromatic heterocycles. The van der Waals surface area contributed by atoms with E-state index in [1.54, 1.807) is 0 Å². The summed E-state index contributed by atoms with van der Waals surface area (Å²) in [5.74, 6) is 1.46. The zero-order valence-electron chi connectivity index (χ0n) is 12.9. The molecule has 3 saturated heterocycles. The first kappa shape index (κ1) is 14.2. The van der Waals surface area contributed by atoms with Crippen LogP contribution in [-0.2, 0) is 16.1 Å². The Hall–Kier alpha value is -1.46. The van der Waals surface area contributed by atoms with Gasteiger partial charge in [0, 0.05) is 45.5 Å². The standard InChI is InChI=1S/C17H23N3O2/c21-17(16-5-3-7-22-16)20-10-13-8-19(9-14(13)11-20)12-15-4-1-2-6-18-15/h1-2,4,6,13-14,16H,3,5,7-12H2/t13-,14+,16-/m0/s1. The Kier molecular flexibility index (Phi) is 3.84. The SMILES string of the molecule is O=C([C@@H]1CCCO1)N1C[C@H]2CN(Cc3ccccn3)C[C@H]2C1. The van der Waals surface area contributed by atoms with Gasteiger partial charge in [-0.1, -0.05) is 6.07 Å². The van der Waals surface area contributed by atoms with E-state index in [2.05, 4.69) is 16.0 Å². The average molecular weight is 301 g/mol. The Morgan fingerprint density at radius 1 is 1.23 bits per heavy atom. The lowest BCUT2D eigenvalue weighted by atomic mass is 10.0. The van der Waals surface area contributed by atoms with Crippen molar-refractivity contribution in [3.63, 3.8) is 0 Å². The van der Waals surface area contributed by atoms with Crippen LogP contribution in [0.5, 0.6) is 0 Å². The number of rotatable bonds is 3. The monoisotopic (exact) mass is 301 g/mol. The van der Waals surface area contributed by atoms with Crippen molar-refractivity contribution in [1.29, 1.82) is 0 Å². The number of pyridine rings is 1. The number of amides is 1. The average Bonchev–Trinajstić information content (AvgIpc) is 3.23. The fourth-order valence-corrected chi connectivity index (χ4v) is 4.10. The van der Waals surface area contributed by atoms with Crippen molar-refractivity contribution < 1.29 is 9.53 Å². The quantitative estimate of drug-likeness (QED) is 0.840. The minimum atomic E-state index is -0.163. The van der Waals surface area contributed by atoms with Crippen molar-refractivity contribution in [2.75, 3.05) is 32.8 Å². The van der Waals surface area contributed by atoms with Crippen LogP contribution in [0.1, 0.15) is 18.5 Å². The van der Waals surface area contributed by atoms with Crippen molar-refractivity contribution in [1.82, 2.24) is 14.8 Å². The van der Waals surface area contributed by atoms with Crippen molar-refractivity contribution in [3.8, 4) is 0 Å². The molecule has 0 bridgehead atoms. The van der Waals surface area contributed by atoms with Gasteiger partial charge in [0.2, 0.25) is 0 Å². The third-order valence-corrected chi connectivity index (χ3v) is 5.19. The summed E-state index contributed by atoms with van der Waals surface area (Å²) in [6, 6.07) is 6.08. The summed E-state index contributed by atoms with van der Waals surface area (Å²) in [7, 11) is 0. The molecule has 4 rings (SSSR count). The van der Waals surface area contributed by atoms with E-state index >= 15 is 0 Å². The molecule has 5 nitrogen and oxygen atoms in total. The van der Waals surface area contributed by atoms with E-state index in [1.807, 2.05) is 23.2 Å². The number of fused-ring (bicyclic) bond motifs is 1. The minimum absolute atomic E-state index is 0.163. The van der Waals surface area contributed by atoms with Gasteiger partial charge < -0.3 is 9.64 Å². The molecule has 1 aromatic rings. The predicted octanol–water partition coefficient (Wildman–Crippen LogP) is 1.15. The third-order valence-electron chi connectivity index (χ3n) is 5.19. The molecule has 0 aliphatic carbocycles. The van der Waals surface area contributed by atoms with Crippen molar-refractivity contribution in [2.24, 2.45) is 11.8 Å². The molecule has 0 saturated carbocycles. The normalized spacial score (nSPS) is 31.6. The van der Waals surface area contributed by atoms with Crippen LogP contribution in [0.4, 0.5) is 0 Å². The van der Waals surface area contributed by atoms with Gasteiger partial charge >= 0.3 is 0 Å². The van der Waals surface area contributed by atoms with Crippen LogP contribution >= 0.6 is 0 Å². The molecule has 3 aliphatic heterocycles. The highest BCUT2D eigenvalue weighted by molar-refractivity contribution is 5.81. The van der Waals surface area contributed by atoms with Crippen LogP contribution in [-0.4, -0.2) is 59.6 Å². The molecule has 1 amide bonds. The van der Waals surface area contributed by atoms with Gasteiger partial charge in [0.15, 0.2) is 0 Å². The summed E-state index contributed by atoms with van der Waals surface area (Å²) in [6.45, 7) is 5.64. The summed E-state index contributed by atoms with van der Waals surface area (Å²) in [5.41, 5.74) is 1.13. The number of ether oxygens (including phenoxy) is 1.